The van der Waals surface area contributed by atoms with Gasteiger partial charge in [0.05, 0.1) is 6.26 Å². The Morgan fingerprint density at radius 2 is 1.59 bits per heavy atom. The van der Waals surface area contributed by atoms with Crippen LogP contribution in [0.25, 0.3) is 22.8 Å². The number of para-hydroxylation sites is 1. The Hall–Kier alpha value is -4.65. The Bertz CT molecular complexity index is 1330. The highest BCUT2D eigenvalue weighted by Gasteiger charge is 2.14. The van der Waals surface area contributed by atoms with Gasteiger partial charge in [-0.15, -0.1) is 5.10 Å². The second-order valence-corrected chi connectivity index (χ2v) is 6.86. The molecule has 0 fully saturated rings. The summed E-state index contributed by atoms with van der Waals surface area (Å²) in [4.78, 5) is 12.7. The molecular formula is C25H17N3O4. The SMILES string of the molecule is O=C(Nc1nnc(-c2ccco2)o1)c1cccc(-c2ccc(Oc3ccccc3)cc2)c1. The van der Waals surface area contributed by atoms with Crippen molar-refractivity contribution in [3.8, 4) is 34.3 Å². The number of ether oxygens (including phenoxy) is 1. The molecule has 0 saturated heterocycles. The highest BCUT2D eigenvalue weighted by Crippen LogP contribution is 2.27. The summed E-state index contributed by atoms with van der Waals surface area (Å²) in [5, 5.41) is 10.3. The standard InChI is InChI=1S/C25H17N3O4/c29-23(26-25-28-27-24(32-25)22-10-5-15-30-22)19-7-4-6-18(16-19)17-11-13-21(14-12-17)31-20-8-2-1-3-9-20/h1-16H,(H,26,28,29). The molecule has 0 unspecified atom stereocenters. The lowest BCUT2D eigenvalue weighted by Gasteiger charge is -2.08. The summed E-state index contributed by atoms with van der Waals surface area (Å²) in [5.74, 6) is 1.77. The summed E-state index contributed by atoms with van der Waals surface area (Å²) < 4.78 is 16.5. The summed E-state index contributed by atoms with van der Waals surface area (Å²) in [6.45, 7) is 0. The van der Waals surface area contributed by atoms with Gasteiger partial charge in [0.25, 0.3) is 11.8 Å². The van der Waals surface area contributed by atoms with Crippen molar-refractivity contribution in [1.29, 1.82) is 0 Å². The van der Waals surface area contributed by atoms with Gasteiger partial charge in [-0.2, -0.15) is 0 Å². The van der Waals surface area contributed by atoms with Crippen LogP contribution in [0.4, 0.5) is 6.01 Å². The van der Waals surface area contributed by atoms with Gasteiger partial charge in [-0.25, -0.2) is 0 Å². The Morgan fingerprint density at radius 1 is 0.781 bits per heavy atom. The largest absolute Gasteiger partial charge is 0.459 e. The van der Waals surface area contributed by atoms with Crippen LogP contribution in [0.15, 0.2) is 106 Å². The summed E-state index contributed by atoms with van der Waals surface area (Å²) in [6.07, 6.45) is 1.50. The van der Waals surface area contributed by atoms with Crippen molar-refractivity contribution in [3.05, 3.63) is 103 Å². The van der Waals surface area contributed by atoms with E-state index in [1.54, 1.807) is 24.3 Å². The van der Waals surface area contributed by atoms with E-state index < -0.39 is 0 Å². The minimum Gasteiger partial charge on any atom is -0.459 e. The number of nitrogens with one attached hydrogen (secondary N) is 1. The van der Waals surface area contributed by atoms with Crippen LogP contribution in [0.2, 0.25) is 0 Å². The van der Waals surface area contributed by atoms with E-state index in [-0.39, 0.29) is 17.8 Å². The number of nitrogens with zero attached hydrogens (tertiary/aromatic N) is 2. The summed E-state index contributed by atoms with van der Waals surface area (Å²) >= 11 is 0. The lowest BCUT2D eigenvalue weighted by Crippen LogP contribution is -2.12. The summed E-state index contributed by atoms with van der Waals surface area (Å²) in [7, 11) is 0. The molecule has 0 saturated carbocycles. The molecule has 0 aliphatic carbocycles. The van der Waals surface area contributed by atoms with Gasteiger partial charge in [0, 0.05) is 5.56 Å². The molecule has 32 heavy (non-hydrogen) atoms. The fourth-order valence-electron chi connectivity index (χ4n) is 3.12. The molecule has 156 valence electrons. The Balaban J connectivity index is 1.29. The van der Waals surface area contributed by atoms with Crippen LogP contribution in [0.5, 0.6) is 11.5 Å². The number of rotatable bonds is 6. The first kappa shape index (κ1) is 19.3. The first-order chi connectivity index (χ1) is 15.7. The van der Waals surface area contributed by atoms with Gasteiger partial charge in [0.1, 0.15) is 11.5 Å². The molecule has 2 aromatic heterocycles. The zero-order valence-electron chi connectivity index (χ0n) is 16.8. The van der Waals surface area contributed by atoms with E-state index in [0.717, 1.165) is 22.6 Å². The first-order valence-electron chi connectivity index (χ1n) is 9.87. The van der Waals surface area contributed by atoms with Gasteiger partial charge in [0.15, 0.2) is 5.76 Å². The van der Waals surface area contributed by atoms with Gasteiger partial charge < -0.3 is 13.6 Å². The third-order valence-corrected chi connectivity index (χ3v) is 4.67. The molecule has 5 rings (SSSR count). The topological polar surface area (TPSA) is 90.4 Å². The van der Waals surface area contributed by atoms with Gasteiger partial charge >= 0.3 is 6.01 Å². The van der Waals surface area contributed by atoms with Gasteiger partial charge in [-0.05, 0) is 59.7 Å². The van der Waals surface area contributed by atoms with Crippen LogP contribution in [-0.2, 0) is 0 Å². The van der Waals surface area contributed by atoms with Gasteiger partial charge in [-0.3, -0.25) is 10.1 Å². The van der Waals surface area contributed by atoms with E-state index in [4.69, 9.17) is 13.6 Å². The molecule has 0 bridgehead atoms. The Kier molecular flexibility index (Phi) is 5.20. The van der Waals surface area contributed by atoms with E-state index in [2.05, 4.69) is 15.5 Å². The molecule has 5 aromatic rings. The second-order valence-electron chi connectivity index (χ2n) is 6.86. The predicted molar refractivity (Wildman–Crippen MR) is 118 cm³/mol. The lowest BCUT2D eigenvalue weighted by molar-refractivity contribution is 0.102. The highest BCUT2D eigenvalue weighted by atomic mass is 16.5. The molecule has 0 radical (unpaired) electrons. The van der Waals surface area contributed by atoms with Gasteiger partial charge in [0.2, 0.25) is 0 Å². The van der Waals surface area contributed by atoms with Crippen LogP contribution < -0.4 is 10.1 Å². The van der Waals surface area contributed by atoms with Crippen LogP contribution in [0.3, 0.4) is 0 Å². The molecule has 7 nitrogen and oxygen atoms in total. The third kappa shape index (κ3) is 4.27. The lowest BCUT2D eigenvalue weighted by atomic mass is 10.0. The van der Waals surface area contributed by atoms with Crippen molar-refractivity contribution in [1.82, 2.24) is 10.2 Å². The van der Waals surface area contributed by atoms with E-state index in [1.807, 2.05) is 66.7 Å². The molecule has 0 aliphatic rings. The number of benzene rings is 3. The monoisotopic (exact) mass is 423 g/mol. The molecule has 0 atom stereocenters. The predicted octanol–water partition coefficient (Wildman–Crippen LogP) is 6.04. The normalized spacial score (nSPS) is 10.6. The molecule has 0 spiro atoms. The van der Waals surface area contributed by atoms with Crippen molar-refractivity contribution in [2.45, 2.75) is 0 Å². The van der Waals surface area contributed by atoms with E-state index in [0.29, 0.717) is 11.3 Å². The number of carbonyl (C=O) groups excluding carboxylic acids is 1. The number of anilines is 1. The third-order valence-electron chi connectivity index (χ3n) is 4.67. The van der Waals surface area contributed by atoms with Gasteiger partial charge in [-0.1, -0.05) is 47.6 Å². The smallest absolute Gasteiger partial charge is 0.322 e. The zero-order chi connectivity index (χ0) is 21.8. The zero-order valence-corrected chi connectivity index (χ0v) is 16.8. The van der Waals surface area contributed by atoms with Crippen molar-refractivity contribution in [3.63, 3.8) is 0 Å². The number of carbonyl (C=O) groups is 1. The van der Waals surface area contributed by atoms with E-state index >= 15 is 0 Å². The Labute approximate surface area is 183 Å². The minimum atomic E-state index is -0.356. The molecule has 0 aliphatic heterocycles. The summed E-state index contributed by atoms with van der Waals surface area (Å²) in [5.41, 5.74) is 2.31. The minimum absolute atomic E-state index is 0.00535. The van der Waals surface area contributed by atoms with Crippen LogP contribution in [-0.4, -0.2) is 16.1 Å². The fraction of sp³-hybridized carbons (Fsp3) is 0. The van der Waals surface area contributed by atoms with Crippen molar-refractivity contribution >= 4 is 11.9 Å². The van der Waals surface area contributed by atoms with E-state index in [9.17, 15) is 4.79 Å². The van der Waals surface area contributed by atoms with Crippen LogP contribution >= 0.6 is 0 Å². The van der Waals surface area contributed by atoms with Crippen molar-refractivity contribution in [2.75, 3.05) is 5.32 Å². The van der Waals surface area contributed by atoms with Crippen LogP contribution in [0, 0.1) is 0 Å². The number of aromatic nitrogens is 2. The maximum Gasteiger partial charge on any atom is 0.322 e. The number of furan rings is 1. The summed E-state index contributed by atoms with van der Waals surface area (Å²) in [6, 6.07) is 27.9. The maximum atomic E-state index is 12.7. The molecule has 3 aromatic carbocycles. The fourth-order valence-corrected chi connectivity index (χ4v) is 3.12. The number of hydrogen-bond donors (Lipinski definition) is 1. The van der Waals surface area contributed by atoms with Crippen molar-refractivity contribution < 1.29 is 18.4 Å². The molecule has 7 heteroatoms. The molecule has 2 heterocycles. The second kappa shape index (κ2) is 8.61. The maximum absolute atomic E-state index is 12.7. The number of amides is 1. The average molecular weight is 423 g/mol. The quantitative estimate of drug-likeness (QED) is 0.358. The average Bonchev–Trinajstić information content (AvgIpc) is 3.53. The van der Waals surface area contributed by atoms with Crippen molar-refractivity contribution in [2.24, 2.45) is 0 Å². The highest BCUT2D eigenvalue weighted by molar-refractivity contribution is 6.03. The molecular weight excluding hydrogens is 406 g/mol. The van der Waals surface area contributed by atoms with E-state index in [1.165, 1.54) is 6.26 Å². The molecule has 1 amide bonds. The Morgan fingerprint density at radius 3 is 2.38 bits per heavy atom. The number of hydrogen-bond acceptors (Lipinski definition) is 6. The van der Waals surface area contributed by atoms with Crippen LogP contribution in [0.1, 0.15) is 10.4 Å². The first-order valence-corrected chi connectivity index (χ1v) is 9.87. The molecule has 1 N–H and O–H groups in total.